The maximum atomic E-state index is 11.9. The van der Waals surface area contributed by atoms with Crippen LogP contribution in [0.3, 0.4) is 0 Å². The van der Waals surface area contributed by atoms with Gasteiger partial charge in [-0.2, -0.15) is 0 Å². The number of nitrogens with zero attached hydrogens (tertiary/aromatic N) is 2. The number of anilines is 2. The second kappa shape index (κ2) is 3.88. The Hall–Kier alpha value is -1.58. The number of amides is 1. The second-order valence-electron chi connectivity index (χ2n) is 4.56. The van der Waals surface area contributed by atoms with Gasteiger partial charge in [0.2, 0.25) is 5.91 Å². The zero-order chi connectivity index (χ0) is 11.6. The van der Waals surface area contributed by atoms with Crippen LogP contribution in [-0.4, -0.2) is 17.9 Å². The van der Waals surface area contributed by atoms with Gasteiger partial charge in [0.05, 0.1) is 0 Å². The summed E-state index contributed by atoms with van der Waals surface area (Å²) in [6.07, 6.45) is 1.59. The van der Waals surface area contributed by atoms with Crippen molar-refractivity contribution >= 4 is 17.4 Å². The summed E-state index contributed by atoms with van der Waals surface area (Å²) >= 11 is 0. The lowest BCUT2D eigenvalue weighted by Crippen LogP contribution is -2.37. The molecule has 1 amide bonds. The molecular formula is C11H17N3O. The van der Waals surface area contributed by atoms with Crippen LogP contribution in [-0.2, 0) is 4.79 Å². The van der Waals surface area contributed by atoms with Crippen molar-refractivity contribution in [2.75, 3.05) is 17.7 Å². The topological polar surface area (TPSA) is 59.2 Å². The summed E-state index contributed by atoms with van der Waals surface area (Å²) in [5.41, 5.74) is 5.82. The molecule has 1 rings (SSSR count). The number of hydrogen-bond acceptors (Lipinski definition) is 3. The van der Waals surface area contributed by atoms with E-state index in [-0.39, 0.29) is 5.91 Å². The molecule has 1 aromatic rings. The van der Waals surface area contributed by atoms with Crippen molar-refractivity contribution in [2.45, 2.75) is 20.8 Å². The predicted octanol–water partition coefficient (Wildman–Crippen LogP) is 1.67. The Kier molecular flexibility index (Phi) is 2.98. The first-order valence-corrected chi connectivity index (χ1v) is 4.82. The first kappa shape index (κ1) is 11.5. The molecule has 0 saturated carbocycles. The maximum absolute atomic E-state index is 11.9. The van der Waals surface area contributed by atoms with E-state index < -0.39 is 5.41 Å². The fourth-order valence-corrected chi connectivity index (χ4v) is 1.22. The van der Waals surface area contributed by atoms with Crippen molar-refractivity contribution in [2.24, 2.45) is 5.41 Å². The van der Waals surface area contributed by atoms with Gasteiger partial charge in [0.15, 0.2) is 0 Å². The fourth-order valence-electron chi connectivity index (χ4n) is 1.22. The summed E-state index contributed by atoms with van der Waals surface area (Å²) in [6.45, 7) is 5.62. The number of carbonyl (C=O) groups is 1. The van der Waals surface area contributed by atoms with Crippen LogP contribution in [0.5, 0.6) is 0 Å². The Labute approximate surface area is 90.1 Å². The van der Waals surface area contributed by atoms with E-state index in [4.69, 9.17) is 5.73 Å². The van der Waals surface area contributed by atoms with Crippen LogP contribution in [0, 0.1) is 5.41 Å². The van der Waals surface area contributed by atoms with Gasteiger partial charge >= 0.3 is 0 Å². The van der Waals surface area contributed by atoms with Crippen LogP contribution in [0.15, 0.2) is 18.3 Å². The zero-order valence-electron chi connectivity index (χ0n) is 9.61. The molecule has 0 aliphatic heterocycles. The predicted molar refractivity (Wildman–Crippen MR) is 61.5 cm³/mol. The molecule has 82 valence electrons. The van der Waals surface area contributed by atoms with Crippen molar-refractivity contribution in [3.63, 3.8) is 0 Å². The van der Waals surface area contributed by atoms with Gasteiger partial charge in [0.1, 0.15) is 5.82 Å². The summed E-state index contributed by atoms with van der Waals surface area (Å²) in [5, 5.41) is 0. The van der Waals surface area contributed by atoms with Crippen molar-refractivity contribution in [1.29, 1.82) is 0 Å². The Morgan fingerprint density at radius 1 is 1.47 bits per heavy atom. The SMILES string of the molecule is CN(C(=O)C(C)(C)C)c1cc(N)ccn1. The molecule has 0 aliphatic rings. The number of aromatic nitrogens is 1. The largest absolute Gasteiger partial charge is 0.399 e. The number of carbonyl (C=O) groups excluding carboxylic acids is 1. The molecule has 15 heavy (non-hydrogen) atoms. The van der Waals surface area contributed by atoms with Crippen molar-refractivity contribution in [3.05, 3.63) is 18.3 Å². The van der Waals surface area contributed by atoms with E-state index in [1.807, 2.05) is 20.8 Å². The van der Waals surface area contributed by atoms with Crippen LogP contribution in [0.4, 0.5) is 11.5 Å². The van der Waals surface area contributed by atoms with E-state index in [0.29, 0.717) is 11.5 Å². The van der Waals surface area contributed by atoms with Gasteiger partial charge in [0.25, 0.3) is 0 Å². The van der Waals surface area contributed by atoms with Crippen molar-refractivity contribution < 1.29 is 4.79 Å². The molecule has 0 bridgehead atoms. The number of nitrogen functional groups attached to an aromatic ring is 1. The third-order valence-electron chi connectivity index (χ3n) is 2.06. The molecule has 0 fully saturated rings. The molecular weight excluding hydrogens is 190 g/mol. The summed E-state index contributed by atoms with van der Waals surface area (Å²) < 4.78 is 0. The molecule has 0 saturated heterocycles. The normalized spacial score (nSPS) is 11.2. The molecule has 0 radical (unpaired) electrons. The Balaban J connectivity index is 2.95. The van der Waals surface area contributed by atoms with Crippen LogP contribution >= 0.6 is 0 Å². The smallest absolute Gasteiger partial charge is 0.233 e. The van der Waals surface area contributed by atoms with Gasteiger partial charge in [-0.25, -0.2) is 4.98 Å². The highest BCUT2D eigenvalue weighted by Crippen LogP contribution is 2.21. The van der Waals surface area contributed by atoms with Gasteiger partial charge in [0, 0.05) is 30.4 Å². The quantitative estimate of drug-likeness (QED) is 0.762. The zero-order valence-corrected chi connectivity index (χ0v) is 9.61. The fraction of sp³-hybridized carbons (Fsp3) is 0.455. The average molecular weight is 207 g/mol. The van der Waals surface area contributed by atoms with Gasteiger partial charge in [-0.1, -0.05) is 20.8 Å². The van der Waals surface area contributed by atoms with E-state index in [0.717, 1.165) is 0 Å². The standard InChI is InChI=1S/C11H17N3O/c1-11(2,3)10(15)14(4)9-7-8(12)5-6-13-9/h5-7H,1-4H3,(H2,12,13). The van der Waals surface area contributed by atoms with Crippen molar-refractivity contribution in [1.82, 2.24) is 4.98 Å². The number of pyridine rings is 1. The summed E-state index contributed by atoms with van der Waals surface area (Å²) in [5.74, 6) is 0.593. The molecule has 1 heterocycles. The lowest BCUT2D eigenvalue weighted by molar-refractivity contribution is -0.125. The Morgan fingerprint density at radius 3 is 2.53 bits per heavy atom. The Bertz CT molecular complexity index is 368. The molecule has 0 atom stereocenters. The van der Waals surface area contributed by atoms with Crippen LogP contribution < -0.4 is 10.6 Å². The molecule has 4 heteroatoms. The highest BCUT2D eigenvalue weighted by Gasteiger charge is 2.26. The number of hydrogen-bond donors (Lipinski definition) is 1. The van der Waals surface area contributed by atoms with Gasteiger partial charge in [-0.05, 0) is 6.07 Å². The number of nitrogens with two attached hydrogens (primary N) is 1. The molecule has 0 spiro atoms. The lowest BCUT2D eigenvalue weighted by atomic mass is 9.95. The molecule has 2 N–H and O–H groups in total. The molecule has 0 unspecified atom stereocenters. The monoisotopic (exact) mass is 207 g/mol. The molecule has 1 aromatic heterocycles. The van der Waals surface area contributed by atoms with Crippen LogP contribution in [0.25, 0.3) is 0 Å². The lowest BCUT2D eigenvalue weighted by Gasteiger charge is -2.25. The maximum Gasteiger partial charge on any atom is 0.233 e. The second-order valence-corrected chi connectivity index (χ2v) is 4.56. The van der Waals surface area contributed by atoms with Crippen LogP contribution in [0.2, 0.25) is 0 Å². The first-order valence-electron chi connectivity index (χ1n) is 4.82. The number of rotatable bonds is 1. The van der Waals surface area contributed by atoms with Crippen LogP contribution in [0.1, 0.15) is 20.8 Å². The molecule has 0 aromatic carbocycles. The minimum atomic E-state index is -0.416. The minimum Gasteiger partial charge on any atom is -0.399 e. The van der Waals surface area contributed by atoms with Gasteiger partial charge < -0.3 is 5.73 Å². The van der Waals surface area contributed by atoms with E-state index >= 15 is 0 Å². The summed E-state index contributed by atoms with van der Waals surface area (Å²) in [7, 11) is 1.70. The highest BCUT2D eigenvalue weighted by atomic mass is 16.2. The molecule has 4 nitrogen and oxygen atoms in total. The van der Waals surface area contributed by atoms with E-state index in [1.54, 1.807) is 25.4 Å². The van der Waals surface area contributed by atoms with Gasteiger partial charge in [-0.15, -0.1) is 0 Å². The molecule has 0 aliphatic carbocycles. The van der Waals surface area contributed by atoms with Gasteiger partial charge in [-0.3, -0.25) is 9.69 Å². The van der Waals surface area contributed by atoms with E-state index in [9.17, 15) is 4.79 Å². The van der Waals surface area contributed by atoms with E-state index in [1.165, 1.54) is 4.90 Å². The first-order chi connectivity index (χ1) is 6.82. The summed E-state index contributed by atoms with van der Waals surface area (Å²) in [6, 6.07) is 3.38. The van der Waals surface area contributed by atoms with E-state index in [2.05, 4.69) is 4.98 Å². The highest BCUT2D eigenvalue weighted by molar-refractivity contribution is 5.95. The minimum absolute atomic E-state index is 0.0144. The van der Waals surface area contributed by atoms with Crippen molar-refractivity contribution in [3.8, 4) is 0 Å². The summed E-state index contributed by atoms with van der Waals surface area (Å²) in [4.78, 5) is 17.5. The third kappa shape index (κ3) is 2.68. The third-order valence-corrected chi connectivity index (χ3v) is 2.06. The Morgan fingerprint density at radius 2 is 2.07 bits per heavy atom. The average Bonchev–Trinajstić information content (AvgIpc) is 2.14.